The van der Waals surface area contributed by atoms with Crippen LogP contribution in [0, 0.1) is 0 Å². The maximum atomic E-state index is 13.8. The number of ether oxygens (including phenoxy) is 5. The van der Waals surface area contributed by atoms with E-state index in [1.807, 2.05) is 13.8 Å². The molecule has 1 unspecified atom stereocenters. The molecule has 0 aromatic rings. The summed E-state index contributed by atoms with van der Waals surface area (Å²) in [6.07, 6.45) is -3.43. The van der Waals surface area contributed by atoms with Crippen molar-refractivity contribution in [3.63, 3.8) is 0 Å². The number of alkyl halides is 1. The van der Waals surface area contributed by atoms with Crippen LogP contribution in [0.15, 0.2) is 0 Å². The van der Waals surface area contributed by atoms with Crippen molar-refractivity contribution in [2.75, 3.05) is 6.61 Å². The molecule has 18 heavy (non-hydrogen) atoms. The van der Waals surface area contributed by atoms with Crippen molar-refractivity contribution in [1.29, 1.82) is 0 Å². The number of hydrogen-bond acceptors (Lipinski definition) is 5. The van der Waals surface area contributed by atoms with Crippen molar-refractivity contribution in [1.82, 2.24) is 0 Å². The van der Waals surface area contributed by atoms with Crippen LogP contribution in [0.2, 0.25) is 0 Å². The lowest BCUT2D eigenvalue weighted by atomic mass is 10.1. The summed E-state index contributed by atoms with van der Waals surface area (Å²) in [5.41, 5.74) is 0. The molecule has 6 heteroatoms. The van der Waals surface area contributed by atoms with Crippen LogP contribution in [-0.2, 0) is 23.7 Å². The van der Waals surface area contributed by atoms with E-state index in [1.54, 1.807) is 13.8 Å². The van der Waals surface area contributed by atoms with Gasteiger partial charge in [-0.25, -0.2) is 4.39 Å². The molecule has 0 N–H and O–H groups in total. The molecule has 0 saturated carbocycles. The highest BCUT2D eigenvalue weighted by Crippen LogP contribution is 2.42. The molecule has 3 rings (SSSR count). The van der Waals surface area contributed by atoms with Crippen LogP contribution >= 0.6 is 0 Å². The maximum absolute atomic E-state index is 13.8. The Kier molecular flexibility index (Phi) is 2.74. The van der Waals surface area contributed by atoms with Crippen molar-refractivity contribution in [3.8, 4) is 0 Å². The van der Waals surface area contributed by atoms with Crippen LogP contribution in [0.1, 0.15) is 27.7 Å². The number of rotatable bonds is 1. The summed E-state index contributed by atoms with van der Waals surface area (Å²) in [4.78, 5) is 0. The van der Waals surface area contributed by atoms with E-state index in [1.165, 1.54) is 0 Å². The first kappa shape index (κ1) is 12.7. The highest BCUT2D eigenvalue weighted by Gasteiger charge is 2.59. The second-order valence-corrected chi connectivity index (χ2v) is 5.88. The van der Waals surface area contributed by atoms with E-state index in [2.05, 4.69) is 0 Å². The lowest BCUT2D eigenvalue weighted by molar-refractivity contribution is -0.221. The standard InChI is InChI=1S/C12H19FO5/c1-11(2)14-5-6(16-11)7-8-9(10(13)15-7)18-12(3,4)17-8/h6-10H,5H2,1-4H3/t6?,7-,8+,9+,10-/m1/s1. The Hall–Kier alpha value is -0.270. The average Bonchev–Trinajstić information content (AvgIpc) is 2.81. The third kappa shape index (κ3) is 2.06. The number of halogens is 1. The Bertz CT molecular complexity index is 345. The van der Waals surface area contributed by atoms with E-state index in [0.29, 0.717) is 6.61 Å². The topological polar surface area (TPSA) is 46.2 Å². The summed E-state index contributed by atoms with van der Waals surface area (Å²) in [6, 6.07) is 0. The van der Waals surface area contributed by atoms with Gasteiger partial charge in [0.1, 0.15) is 24.4 Å². The lowest BCUT2D eigenvalue weighted by Crippen LogP contribution is -2.40. The molecule has 0 aliphatic carbocycles. The lowest BCUT2D eigenvalue weighted by Gasteiger charge is -2.25. The van der Waals surface area contributed by atoms with Gasteiger partial charge in [0.25, 0.3) is 0 Å². The van der Waals surface area contributed by atoms with E-state index in [9.17, 15) is 4.39 Å². The third-order valence-electron chi connectivity index (χ3n) is 3.43. The fraction of sp³-hybridized carbons (Fsp3) is 1.00. The van der Waals surface area contributed by atoms with Crippen molar-refractivity contribution in [3.05, 3.63) is 0 Å². The van der Waals surface area contributed by atoms with Crippen LogP contribution < -0.4 is 0 Å². The van der Waals surface area contributed by atoms with Crippen LogP contribution in [0.25, 0.3) is 0 Å². The van der Waals surface area contributed by atoms with E-state index in [-0.39, 0.29) is 6.10 Å². The zero-order valence-corrected chi connectivity index (χ0v) is 11.0. The van der Waals surface area contributed by atoms with Gasteiger partial charge in [0.2, 0.25) is 6.36 Å². The molecule has 3 aliphatic rings. The second kappa shape index (κ2) is 3.86. The molecule has 5 nitrogen and oxygen atoms in total. The zero-order valence-electron chi connectivity index (χ0n) is 11.0. The Morgan fingerprint density at radius 2 is 1.56 bits per heavy atom. The first-order chi connectivity index (χ1) is 8.27. The fourth-order valence-electron chi connectivity index (χ4n) is 2.76. The van der Waals surface area contributed by atoms with Gasteiger partial charge < -0.3 is 23.7 Å². The Labute approximate surface area is 105 Å². The Morgan fingerprint density at radius 1 is 0.889 bits per heavy atom. The summed E-state index contributed by atoms with van der Waals surface area (Å²) in [5, 5.41) is 0. The fourth-order valence-corrected chi connectivity index (χ4v) is 2.76. The van der Waals surface area contributed by atoms with Gasteiger partial charge in [0.05, 0.1) is 6.61 Å². The molecule has 0 amide bonds. The van der Waals surface area contributed by atoms with Crippen molar-refractivity contribution in [2.24, 2.45) is 0 Å². The summed E-state index contributed by atoms with van der Waals surface area (Å²) < 4.78 is 41.5. The van der Waals surface area contributed by atoms with E-state index in [4.69, 9.17) is 23.7 Å². The quantitative estimate of drug-likeness (QED) is 0.714. The zero-order chi connectivity index (χ0) is 13.1. The van der Waals surface area contributed by atoms with Gasteiger partial charge in [0, 0.05) is 0 Å². The molecule has 0 aromatic heterocycles. The molecule has 3 aliphatic heterocycles. The van der Waals surface area contributed by atoms with Crippen LogP contribution in [0.4, 0.5) is 4.39 Å². The van der Waals surface area contributed by atoms with Crippen molar-refractivity contribution in [2.45, 2.75) is 70.0 Å². The highest BCUT2D eigenvalue weighted by atomic mass is 19.1. The summed E-state index contributed by atoms with van der Waals surface area (Å²) in [7, 11) is 0. The van der Waals surface area contributed by atoms with E-state index >= 15 is 0 Å². The van der Waals surface area contributed by atoms with Gasteiger partial charge in [-0.1, -0.05) is 0 Å². The maximum Gasteiger partial charge on any atom is 0.228 e. The van der Waals surface area contributed by atoms with Crippen molar-refractivity contribution < 1.29 is 28.1 Å². The molecule has 3 heterocycles. The van der Waals surface area contributed by atoms with Crippen LogP contribution in [0.5, 0.6) is 0 Å². The van der Waals surface area contributed by atoms with E-state index in [0.717, 1.165) is 0 Å². The molecular weight excluding hydrogens is 243 g/mol. The molecule has 3 saturated heterocycles. The summed E-state index contributed by atoms with van der Waals surface area (Å²) in [5.74, 6) is -1.44. The van der Waals surface area contributed by atoms with Gasteiger partial charge in [-0.05, 0) is 27.7 Å². The SMILES string of the molecule is CC1(C)OCC([C@H]2O[C@@H](F)[C@H]3OC(C)(C)O[C@H]32)O1. The second-order valence-electron chi connectivity index (χ2n) is 5.88. The summed E-state index contributed by atoms with van der Waals surface area (Å²) >= 11 is 0. The van der Waals surface area contributed by atoms with Gasteiger partial charge in [0.15, 0.2) is 11.6 Å². The number of fused-ring (bicyclic) bond motifs is 1. The molecule has 0 radical (unpaired) electrons. The van der Waals surface area contributed by atoms with Gasteiger partial charge in [-0.2, -0.15) is 0 Å². The first-order valence-corrected chi connectivity index (χ1v) is 6.24. The van der Waals surface area contributed by atoms with E-state index < -0.39 is 36.2 Å². The molecule has 104 valence electrons. The largest absolute Gasteiger partial charge is 0.348 e. The highest BCUT2D eigenvalue weighted by molar-refractivity contribution is 4.99. The van der Waals surface area contributed by atoms with Crippen LogP contribution in [0.3, 0.4) is 0 Å². The number of hydrogen-bond donors (Lipinski definition) is 0. The monoisotopic (exact) mass is 262 g/mol. The minimum Gasteiger partial charge on any atom is -0.348 e. The predicted molar refractivity (Wildman–Crippen MR) is 58.5 cm³/mol. The third-order valence-corrected chi connectivity index (χ3v) is 3.43. The van der Waals surface area contributed by atoms with Gasteiger partial charge in [-0.3, -0.25) is 0 Å². The molecule has 0 spiro atoms. The molecular formula is C12H19FO5. The predicted octanol–water partition coefficient (Wildman–Crippen LogP) is 1.35. The molecule has 5 atom stereocenters. The minimum absolute atomic E-state index is 0.328. The smallest absolute Gasteiger partial charge is 0.228 e. The van der Waals surface area contributed by atoms with Gasteiger partial charge >= 0.3 is 0 Å². The molecule has 0 bridgehead atoms. The molecule has 3 fully saturated rings. The first-order valence-electron chi connectivity index (χ1n) is 6.24. The minimum atomic E-state index is -1.48. The van der Waals surface area contributed by atoms with Crippen LogP contribution in [-0.4, -0.2) is 49.0 Å². The summed E-state index contributed by atoms with van der Waals surface area (Å²) in [6.45, 7) is 7.55. The Balaban J connectivity index is 1.75. The molecule has 0 aromatic carbocycles. The van der Waals surface area contributed by atoms with Crippen molar-refractivity contribution >= 4 is 0 Å². The Morgan fingerprint density at radius 3 is 2.17 bits per heavy atom. The average molecular weight is 262 g/mol. The van der Waals surface area contributed by atoms with Gasteiger partial charge in [-0.15, -0.1) is 0 Å². The normalized spacial score (nSPS) is 49.5.